The van der Waals surface area contributed by atoms with E-state index >= 15 is 0 Å². The van der Waals surface area contributed by atoms with Crippen LogP contribution in [0.25, 0.3) is 0 Å². The average Bonchev–Trinajstić information content (AvgIpc) is 3.08. The van der Waals surface area contributed by atoms with Gasteiger partial charge < -0.3 is 15.0 Å². The zero-order valence-electron chi connectivity index (χ0n) is 14.3. The molecule has 0 aliphatic carbocycles. The van der Waals surface area contributed by atoms with Crippen LogP contribution in [-0.2, 0) is 16.1 Å². The van der Waals surface area contributed by atoms with E-state index in [1.165, 1.54) is 29.5 Å². The Kier molecular flexibility index (Phi) is 5.89. The Morgan fingerprint density at radius 3 is 2.81 bits per heavy atom. The molecular formula is C17H19FN4O3S. The predicted octanol–water partition coefficient (Wildman–Crippen LogP) is 2.31. The van der Waals surface area contributed by atoms with Crippen LogP contribution in [0.4, 0.5) is 9.52 Å². The SMILES string of the molecule is COCc1nnc(NC(=O)C2CCN(C(=O)c3cccc(F)c3)CC2)s1. The Morgan fingerprint density at radius 1 is 1.35 bits per heavy atom. The molecule has 7 nitrogen and oxygen atoms in total. The van der Waals surface area contributed by atoms with Crippen LogP contribution in [-0.4, -0.2) is 47.1 Å². The first-order valence-corrected chi connectivity index (χ1v) is 9.05. The summed E-state index contributed by atoms with van der Waals surface area (Å²) in [6.07, 6.45) is 1.10. The van der Waals surface area contributed by atoms with Crippen molar-refractivity contribution >= 4 is 28.3 Å². The summed E-state index contributed by atoms with van der Waals surface area (Å²) in [6, 6.07) is 5.65. The van der Waals surface area contributed by atoms with Crippen molar-refractivity contribution in [2.75, 3.05) is 25.5 Å². The van der Waals surface area contributed by atoms with E-state index in [4.69, 9.17) is 4.74 Å². The number of rotatable bonds is 5. The minimum atomic E-state index is -0.435. The van der Waals surface area contributed by atoms with Gasteiger partial charge in [-0.15, -0.1) is 10.2 Å². The van der Waals surface area contributed by atoms with E-state index in [-0.39, 0.29) is 17.7 Å². The molecular weight excluding hydrogens is 359 g/mol. The molecule has 1 aliphatic heterocycles. The molecule has 9 heteroatoms. The number of nitrogens with zero attached hydrogens (tertiary/aromatic N) is 3. The number of halogens is 1. The molecule has 138 valence electrons. The summed E-state index contributed by atoms with van der Waals surface area (Å²) in [5, 5.41) is 11.8. The highest BCUT2D eigenvalue weighted by Crippen LogP contribution is 2.22. The lowest BCUT2D eigenvalue weighted by Crippen LogP contribution is -2.41. The van der Waals surface area contributed by atoms with Gasteiger partial charge in [0.25, 0.3) is 5.91 Å². The predicted molar refractivity (Wildman–Crippen MR) is 94.3 cm³/mol. The fraction of sp³-hybridized carbons (Fsp3) is 0.412. The van der Waals surface area contributed by atoms with Crippen LogP contribution in [0.5, 0.6) is 0 Å². The van der Waals surface area contributed by atoms with Gasteiger partial charge in [-0.1, -0.05) is 17.4 Å². The summed E-state index contributed by atoms with van der Waals surface area (Å²) >= 11 is 1.27. The highest BCUT2D eigenvalue weighted by molar-refractivity contribution is 7.15. The minimum Gasteiger partial charge on any atom is -0.377 e. The van der Waals surface area contributed by atoms with Gasteiger partial charge in [0.15, 0.2) is 0 Å². The highest BCUT2D eigenvalue weighted by atomic mass is 32.1. The first-order valence-electron chi connectivity index (χ1n) is 8.24. The number of anilines is 1. The third-order valence-electron chi connectivity index (χ3n) is 4.19. The first kappa shape index (κ1) is 18.4. The van der Waals surface area contributed by atoms with Crippen molar-refractivity contribution in [2.24, 2.45) is 5.92 Å². The van der Waals surface area contributed by atoms with Crippen molar-refractivity contribution in [3.05, 3.63) is 40.7 Å². The molecule has 26 heavy (non-hydrogen) atoms. The average molecular weight is 378 g/mol. The second-order valence-corrected chi connectivity index (χ2v) is 7.06. The van der Waals surface area contributed by atoms with Crippen molar-refractivity contribution in [1.82, 2.24) is 15.1 Å². The molecule has 2 heterocycles. The molecule has 3 rings (SSSR count). The van der Waals surface area contributed by atoms with Gasteiger partial charge in [0.2, 0.25) is 11.0 Å². The smallest absolute Gasteiger partial charge is 0.253 e. The Hall–Kier alpha value is -2.39. The zero-order valence-corrected chi connectivity index (χ0v) is 15.1. The quantitative estimate of drug-likeness (QED) is 0.863. The number of amides is 2. The number of piperidine rings is 1. The molecule has 0 bridgehead atoms. The summed E-state index contributed by atoms with van der Waals surface area (Å²) in [4.78, 5) is 26.4. The summed E-state index contributed by atoms with van der Waals surface area (Å²) in [6.45, 7) is 1.27. The number of aromatic nitrogens is 2. The van der Waals surface area contributed by atoms with Crippen molar-refractivity contribution in [1.29, 1.82) is 0 Å². The number of nitrogens with one attached hydrogen (secondary N) is 1. The molecule has 0 atom stereocenters. The zero-order chi connectivity index (χ0) is 18.5. The van der Waals surface area contributed by atoms with E-state index in [0.717, 1.165) is 0 Å². The van der Waals surface area contributed by atoms with Crippen LogP contribution in [0.2, 0.25) is 0 Å². The Bertz CT molecular complexity index is 790. The van der Waals surface area contributed by atoms with Crippen molar-refractivity contribution < 1.29 is 18.7 Å². The number of hydrogen-bond acceptors (Lipinski definition) is 6. The Labute approximate surface area is 154 Å². The maximum Gasteiger partial charge on any atom is 0.253 e. The molecule has 1 aromatic carbocycles. The van der Waals surface area contributed by atoms with Crippen molar-refractivity contribution in [3.8, 4) is 0 Å². The molecule has 0 radical (unpaired) electrons. The summed E-state index contributed by atoms with van der Waals surface area (Å²) in [7, 11) is 1.57. The molecule has 2 amide bonds. The third-order valence-corrected chi connectivity index (χ3v) is 5.00. The van der Waals surface area contributed by atoms with Crippen LogP contribution < -0.4 is 5.32 Å². The lowest BCUT2D eigenvalue weighted by atomic mass is 9.95. The number of hydrogen-bond donors (Lipinski definition) is 1. The maximum atomic E-state index is 13.3. The molecule has 0 saturated carbocycles. The van der Waals surface area contributed by atoms with Crippen LogP contribution in [0.1, 0.15) is 28.2 Å². The maximum absolute atomic E-state index is 13.3. The molecule has 0 unspecified atom stereocenters. The number of likely N-dealkylation sites (tertiary alicyclic amines) is 1. The normalized spacial score (nSPS) is 15.1. The van der Waals surface area contributed by atoms with Gasteiger partial charge in [0.05, 0.1) is 0 Å². The summed E-state index contributed by atoms with van der Waals surface area (Å²) < 4.78 is 18.3. The van der Waals surface area contributed by atoms with Gasteiger partial charge >= 0.3 is 0 Å². The van der Waals surface area contributed by atoms with E-state index in [2.05, 4.69) is 15.5 Å². The van der Waals surface area contributed by atoms with Crippen LogP contribution in [0, 0.1) is 11.7 Å². The summed E-state index contributed by atoms with van der Waals surface area (Å²) in [5.41, 5.74) is 0.326. The molecule has 1 aromatic heterocycles. The number of carbonyl (C=O) groups is 2. The second-order valence-electron chi connectivity index (χ2n) is 6.00. The molecule has 0 spiro atoms. The van der Waals surface area contributed by atoms with Gasteiger partial charge in [0.1, 0.15) is 17.4 Å². The fourth-order valence-electron chi connectivity index (χ4n) is 2.84. The fourth-order valence-corrected chi connectivity index (χ4v) is 3.56. The lowest BCUT2D eigenvalue weighted by Gasteiger charge is -2.31. The number of ether oxygens (including phenoxy) is 1. The van der Waals surface area contributed by atoms with Crippen molar-refractivity contribution in [3.63, 3.8) is 0 Å². The minimum absolute atomic E-state index is 0.122. The second kappa shape index (κ2) is 8.33. The van der Waals surface area contributed by atoms with E-state index in [1.54, 1.807) is 18.1 Å². The highest BCUT2D eigenvalue weighted by Gasteiger charge is 2.28. The number of methoxy groups -OCH3 is 1. The van der Waals surface area contributed by atoms with E-state index in [1.807, 2.05) is 0 Å². The molecule has 1 saturated heterocycles. The largest absolute Gasteiger partial charge is 0.377 e. The Morgan fingerprint density at radius 2 is 2.12 bits per heavy atom. The monoisotopic (exact) mass is 378 g/mol. The molecule has 2 aromatic rings. The van der Waals surface area contributed by atoms with E-state index < -0.39 is 5.82 Å². The van der Waals surface area contributed by atoms with Gasteiger partial charge in [-0.3, -0.25) is 9.59 Å². The molecule has 1 aliphatic rings. The Balaban J connectivity index is 1.52. The third kappa shape index (κ3) is 4.41. The van der Waals surface area contributed by atoms with E-state index in [0.29, 0.717) is 48.2 Å². The van der Waals surface area contributed by atoms with Gasteiger partial charge in [-0.2, -0.15) is 0 Å². The standard InChI is InChI=1S/C17H19FN4O3S/c1-25-10-14-20-21-17(26-14)19-15(23)11-5-7-22(8-6-11)16(24)12-3-2-4-13(18)9-12/h2-4,9,11H,5-8,10H2,1H3,(H,19,21,23). The van der Waals surface area contributed by atoms with Gasteiger partial charge in [-0.25, -0.2) is 4.39 Å². The number of benzene rings is 1. The van der Waals surface area contributed by atoms with E-state index in [9.17, 15) is 14.0 Å². The van der Waals surface area contributed by atoms with Crippen molar-refractivity contribution in [2.45, 2.75) is 19.4 Å². The van der Waals surface area contributed by atoms with Crippen LogP contribution >= 0.6 is 11.3 Å². The van der Waals surface area contributed by atoms with Gasteiger partial charge in [0, 0.05) is 31.7 Å². The number of carbonyl (C=O) groups excluding carboxylic acids is 2. The van der Waals surface area contributed by atoms with Crippen LogP contribution in [0.3, 0.4) is 0 Å². The lowest BCUT2D eigenvalue weighted by molar-refractivity contribution is -0.121. The summed E-state index contributed by atoms with van der Waals surface area (Å²) in [5.74, 6) is -0.962. The van der Waals surface area contributed by atoms with Crippen LogP contribution in [0.15, 0.2) is 24.3 Å². The molecule has 1 fully saturated rings. The molecule has 1 N–H and O–H groups in total. The first-order chi connectivity index (χ1) is 12.6. The topological polar surface area (TPSA) is 84.4 Å². The van der Waals surface area contributed by atoms with Gasteiger partial charge in [-0.05, 0) is 31.0 Å².